The lowest BCUT2D eigenvalue weighted by Gasteiger charge is -2.09. The molecular weight excluding hydrogens is 342 g/mol. The third-order valence-electron chi connectivity index (χ3n) is 3.53. The van der Waals surface area contributed by atoms with Gasteiger partial charge in [-0.1, -0.05) is 36.4 Å². The van der Waals surface area contributed by atoms with Crippen LogP contribution in [0.2, 0.25) is 0 Å². The van der Waals surface area contributed by atoms with Gasteiger partial charge in [-0.05, 0) is 29.1 Å². The Kier molecular flexibility index (Phi) is 4.87. The van der Waals surface area contributed by atoms with Crippen molar-refractivity contribution in [1.29, 1.82) is 0 Å². The summed E-state index contributed by atoms with van der Waals surface area (Å²) in [5.41, 5.74) is 8.17. The molecule has 0 aliphatic rings. The number of thiophene rings is 1. The van der Waals surface area contributed by atoms with Crippen LogP contribution in [0, 0.1) is 0 Å². The lowest BCUT2D eigenvalue weighted by molar-refractivity contribution is 0.306. The van der Waals surface area contributed by atoms with E-state index in [0.717, 1.165) is 11.1 Å². The number of rotatable bonds is 6. The van der Waals surface area contributed by atoms with Crippen LogP contribution in [0.4, 0.5) is 5.69 Å². The van der Waals surface area contributed by atoms with Crippen LogP contribution < -0.4 is 10.5 Å². The van der Waals surface area contributed by atoms with Gasteiger partial charge in [0.15, 0.2) is 9.84 Å². The maximum Gasteiger partial charge on any atom is 0.182 e. The molecule has 1 heterocycles. The summed E-state index contributed by atoms with van der Waals surface area (Å²) in [5.74, 6) is 0.476. The Balaban J connectivity index is 1.75. The van der Waals surface area contributed by atoms with Gasteiger partial charge in [0, 0.05) is 16.6 Å². The van der Waals surface area contributed by atoms with E-state index in [1.807, 2.05) is 29.0 Å². The van der Waals surface area contributed by atoms with Gasteiger partial charge in [0.2, 0.25) is 0 Å². The van der Waals surface area contributed by atoms with Gasteiger partial charge in [-0.3, -0.25) is 0 Å². The largest absolute Gasteiger partial charge is 0.489 e. The van der Waals surface area contributed by atoms with Gasteiger partial charge in [0.1, 0.15) is 12.4 Å². The van der Waals surface area contributed by atoms with Crippen molar-refractivity contribution < 1.29 is 13.2 Å². The highest BCUT2D eigenvalue weighted by molar-refractivity contribution is 7.90. The Morgan fingerprint density at radius 3 is 2.50 bits per heavy atom. The molecule has 0 aliphatic heterocycles. The summed E-state index contributed by atoms with van der Waals surface area (Å²) < 4.78 is 30.8. The molecule has 24 heavy (non-hydrogen) atoms. The molecule has 2 N–H and O–H groups in total. The number of nitrogens with two attached hydrogens (primary N) is 1. The molecule has 0 spiro atoms. The maximum absolute atomic E-state index is 12.6. The summed E-state index contributed by atoms with van der Waals surface area (Å²) in [6.07, 6.45) is 0. The van der Waals surface area contributed by atoms with Crippen molar-refractivity contribution in [2.45, 2.75) is 17.3 Å². The van der Waals surface area contributed by atoms with Gasteiger partial charge < -0.3 is 10.5 Å². The molecule has 0 fully saturated rings. The molecule has 2 aromatic carbocycles. The van der Waals surface area contributed by atoms with Crippen molar-refractivity contribution >= 4 is 26.9 Å². The molecule has 6 heteroatoms. The monoisotopic (exact) mass is 359 g/mol. The zero-order valence-electron chi connectivity index (χ0n) is 12.9. The van der Waals surface area contributed by atoms with E-state index >= 15 is 0 Å². The van der Waals surface area contributed by atoms with Crippen molar-refractivity contribution in [2.75, 3.05) is 5.73 Å². The fraction of sp³-hybridized carbons (Fsp3) is 0.111. The minimum Gasteiger partial charge on any atom is -0.489 e. The molecule has 0 bridgehead atoms. The average Bonchev–Trinajstić information content (AvgIpc) is 2.99. The summed E-state index contributed by atoms with van der Waals surface area (Å²) in [7, 11) is -3.42. The van der Waals surface area contributed by atoms with Crippen LogP contribution >= 0.6 is 11.3 Å². The topological polar surface area (TPSA) is 69.4 Å². The number of hydrogen-bond acceptors (Lipinski definition) is 5. The minimum absolute atomic E-state index is 0.0330. The van der Waals surface area contributed by atoms with E-state index < -0.39 is 9.84 Å². The molecule has 0 saturated carbocycles. The zero-order valence-corrected chi connectivity index (χ0v) is 14.5. The van der Waals surface area contributed by atoms with E-state index in [9.17, 15) is 8.42 Å². The Bertz CT molecular complexity index is 918. The summed E-state index contributed by atoms with van der Waals surface area (Å²) in [6, 6.07) is 15.7. The molecule has 0 saturated heterocycles. The molecule has 3 aromatic rings. The van der Waals surface area contributed by atoms with Gasteiger partial charge in [0.05, 0.1) is 10.6 Å². The highest BCUT2D eigenvalue weighted by Gasteiger charge is 2.16. The molecule has 1 aromatic heterocycles. The van der Waals surface area contributed by atoms with Crippen molar-refractivity contribution in [3.63, 3.8) is 0 Å². The average molecular weight is 359 g/mol. The third-order valence-corrected chi connectivity index (χ3v) is 6.03. The molecular formula is C18H17NO3S2. The van der Waals surface area contributed by atoms with E-state index in [1.165, 1.54) is 11.3 Å². The van der Waals surface area contributed by atoms with Crippen LogP contribution in [-0.4, -0.2) is 8.42 Å². The van der Waals surface area contributed by atoms with E-state index in [4.69, 9.17) is 10.5 Å². The van der Waals surface area contributed by atoms with Crippen LogP contribution in [0.1, 0.15) is 11.1 Å². The SMILES string of the molecule is Nc1cscc1COc1cccc(S(=O)(=O)Cc2ccccc2)c1. The summed E-state index contributed by atoms with van der Waals surface area (Å²) in [5, 5.41) is 3.77. The van der Waals surface area contributed by atoms with E-state index in [-0.39, 0.29) is 10.6 Å². The van der Waals surface area contributed by atoms with Crippen LogP contribution in [0.5, 0.6) is 5.75 Å². The third kappa shape index (κ3) is 3.96. The van der Waals surface area contributed by atoms with E-state index in [0.29, 0.717) is 18.0 Å². The second-order valence-electron chi connectivity index (χ2n) is 5.36. The molecule has 3 rings (SSSR count). The van der Waals surface area contributed by atoms with Crippen LogP contribution in [0.3, 0.4) is 0 Å². The smallest absolute Gasteiger partial charge is 0.182 e. The Morgan fingerprint density at radius 1 is 1.00 bits per heavy atom. The second kappa shape index (κ2) is 7.07. The second-order valence-corrected chi connectivity index (χ2v) is 8.09. The van der Waals surface area contributed by atoms with Gasteiger partial charge in [-0.2, -0.15) is 0 Å². The highest BCUT2D eigenvalue weighted by Crippen LogP contribution is 2.24. The minimum atomic E-state index is -3.42. The number of sulfone groups is 1. The Labute approximate surface area is 145 Å². The molecule has 0 amide bonds. The lowest BCUT2D eigenvalue weighted by Crippen LogP contribution is -2.05. The van der Waals surface area contributed by atoms with Crippen molar-refractivity contribution in [1.82, 2.24) is 0 Å². The fourth-order valence-electron chi connectivity index (χ4n) is 2.25. The molecule has 0 aliphatic carbocycles. The molecule has 0 unspecified atom stereocenters. The quantitative estimate of drug-likeness (QED) is 0.725. The normalized spacial score (nSPS) is 11.3. The first-order chi connectivity index (χ1) is 11.5. The standard InChI is InChI=1S/C18H17NO3S2/c19-18-12-23-11-15(18)10-22-16-7-4-8-17(9-16)24(20,21)13-14-5-2-1-3-6-14/h1-9,11-12H,10,13,19H2. The van der Waals surface area contributed by atoms with Gasteiger partial charge in [-0.15, -0.1) is 11.3 Å². The number of hydrogen-bond donors (Lipinski definition) is 1. The van der Waals surface area contributed by atoms with Crippen LogP contribution in [0.25, 0.3) is 0 Å². The fourth-order valence-corrected chi connectivity index (χ4v) is 4.36. The lowest BCUT2D eigenvalue weighted by atomic mass is 10.2. The summed E-state index contributed by atoms with van der Waals surface area (Å²) in [4.78, 5) is 0.252. The number of nitrogen functional groups attached to an aromatic ring is 1. The Hall–Kier alpha value is -2.31. The van der Waals surface area contributed by atoms with Crippen molar-refractivity contribution in [2.24, 2.45) is 0 Å². The van der Waals surface area contributed by atoms with E-state index in [2.05, 4.69) is 0 Å². The molecule has 124 valence electrons. The first-order valence-corrected chi connectivity index (χ1v) is 9.94. The predicted molar refractivity (Wildman–Crippen MR) is 96.8 cm³/mol. The zero-order chi connectivity index (χ0) is 17.0. The van der Waals surface area contributed by atoms with Crippen LogP contribution in [-0.2, 0) is 22.2 Å². The molecule has 4 nitrogen and oxygen atoms in total. The summed E-state index contributed by atoms with van der Waals surface area (Å²) in [6.45, 7) is 0.317. The number of anilines is 1. The van der Waals surface area contributed by atoms with Crippen LogP contribution in [0.15, 0.2) is 70.3 Å². The Morgan fingerprint density at radius 2 is 1.79 bits per heavy atom. The van der Waals surface area contributed by atoms with Gasteiger partial charge in [-0.25, -0.2) is 8.42 Å². The number of benzene rings is 2. The van der Waals surface area contributed by atoms with Crippen molar-refractivity contribution in [3.8, 4) is 5.75 Å². The summed E-state index contributed by atoms with van der Waals surface area (Å²) >= 11 is 1.51. The van der Waals surface area contributed by atoms with Gasteiger partial charge >= 0.3 is 0 Å². The first kappa shape index (κ1) is 16.5. The van der Waals surface area contributed by atoms with Crippen molar-refractivity contribution in [3.05, 3.63) is 76.5 Å². The molecule has 0 atom stereocenters. The molecule has 0 radical (unpaired) electrons. The highest BCUT2D eigenvalue weighted by atomic mass is 32.2. The maximum atomic E-state index is 12.6. The number of ether oxygens (including phenoxy) is 1. The predicted octanol–water partition coefficient (Wildman–Crippen LogP) is 3.88. The van der Waals surface area contributed by atoms with E-state index in [1.54, 1.807) is 36.4 Å². The van der Waals surface area contributed by atoms with Gasteiger partial charge in [0.25, 0.3) is 0 Å². The first-order valence-electron chi connectivity index (χ1n) is 7.35.